The fourth-order valence-electron chi connectivity index (χ4n) is 1.72. The van der Waals surface area contributed by atoms with Crippen LogP contribution in [0, 0.1) is 0 Å². The summed E-state index contributed by atoms with van der Waals surface area (Å²) < 4.78 is 5.14. The van der Waals surface area contributed by atoms with Crippen LogP contribution in [0.4, 0.5) is 0 Å². The summed E-state index contributed by atoms with van der Waals surface area (Å²) in [6.07, 6.45) is 3.30. The van der Waals surface area contributed by atoms with E-state index in [0.29, 0.717) is 24.8 Å². The summed E-state index contributed by atoms with van der Waals surface area (Å²) >= 11 is 0. The number of hydrogen-bond donors (Lipinski definition) is 3. The zero-order valence-corrected chi connectivity index (χ0v) is 12.4. The molecule has 0 aliphatic carbocycles. The van der Waals surface area contributed by atoms with Crippen molar-refractivity contribution in [3.05, 3.63) is 54.2 Å². The smallest absolute Gasteiger partial charge is 0.239 e. The van der Waals surface area contributed by atoms with Crippen molar-refractivity contribution in [2.75, 3.05) is 13.6 Å². The Balaban J connectivity index is 1.68. The average molecular weight is 301 g/mol. The third-order valence-corrected chi connectivity index (χ3v) is 2.84. The van der Waals surface area contributed by atoms with Crippen LogP contribution in [-0.4, -0.2) is 30.4 Å². The molecular formula is C15H19N5O2. The molecule has 0 atom stereocenters. The highest BCUT2D eigenvalue weighted by atomic mass is 16.3. The van der Waals surface area contributed by atoms with Gasteiger partial charge in [0.05, 0.1) is 31.6 Å². The molecule has 0 unspecified atom stereocenters. The Kier molecular flexibility index (Phi) is 5.98. The van der Waals surface area contributed by atoms with Crippen LogP contribution in [0.5, 0.6) is 0 Å². The van der Waals surface area contributed by atoms with Crippen molar-refractivity contribution < 1.29 is 9.21 Å². The number of guanidine groups is 1. The van der Waals surface area contributed by atoms with Crippen molar-refractivity contribution in [1.29, 1.82) is 0 Å². The number of furan rings is 1. The number of amides is 1. The first-order valence-corrected chi connectivity index (χ1v) is 6.91. The summed E-state index contributed by atoms with van der Waals surface area (Å²) in [4.78, 5) is 20.0. The van der Waals surface area contributed by atoms with E-state index in [4.69, 9.17) is 4.42 Å². The van der Waals surface area contributed by atoms with Crippen LogP contribution in [0.3, 0.4) is 0 Å². The van der Waals surface area contributed by atoms with E-state index in [0.717, 1.165) is 5.69 Å². The Morgan fingerprint density at radius 1 is 1.18 bits per heavy atom. The summed E-state index contributed by atoms with van der Waals surface area (Å²) in [7, 11) is 1.65. The van der Waals surface area contributed by atoms with Gasteiger partial charge in [0.2, 0.25) is 5.91 Å². The van der Waals surface area contributed by atoms with Crippen molar-refractivity contribution in [2.24, 2.45) is 4.99 Å². The Morgan fingerprint density at radius 3 is 2.77 bits per heavy atom. The molecule has 0 saturated carbocycles. The monoisotopic (exact) mass is 301 g/mol. The Labute approximate surface area is 128 Å². The highest BCUT2D eigenvalue weighted by molar-refractivity contribution is 5.86. The van der Waals surface area contributed by atoms with Crippen molar-refractivity contribution in [3.63, 3.8) is 0 Å². The molecule has 22 heavy (non-hydrogen) atoms. The van der Waals surface area contributed by atoms with Gasteiger partial charge in [-0.15, -0.1) is 0 Å². The molecule has 1 amide bonds. The molecule has 3 N–H and O–H groups in total. The molecule has 0 aliphatic heterocycles. The van der Waals surface area contributed by atoms with Crippen LogP contribution in [0.25, 0.3) is 0 Å². The number of aliphatic imine (C=N–C) groups is 1. The molecule has 0 saturated heterocycles. The fraction of sp³-hybridized carbons (Fsp3) is 0.267. The number of hydrogen-bond acceptors (Lipinski definition) is 4. The SMILES string of the molecule is CN=C(NCC(=O)NCc1ccco1)NCc1ccccn1. The van der Waals surface area contributed by atoms with Crippen LogP contribution in [0.15, 0.2) is 52.2 Å². The lowest BCUT2D eigenvalue weighted by Gasteiger charge is -2.11. The lowest BCUT2D eigenvalue weighted by Crippen LogP contribution is -2.42. The number of nitrogens with zero attached hydrogens (tertiary/aromatic N) is 2. The molecule has 0 aliphatic rings. The molecule has 0 radical (unpaired) electrons. The number of carbonyl (C=O) groups is 1. The van der Waals surface area contributed by atoms with Gasteiger partial charge in [-0.05, 0) is 24.3 Å². The number of aromatic nitrogens is 1. The largest absolute Gasteiger partial charge is 0.467 e. The lowest BCUT2D eigenvalue weighted by molar-refractivity contribution is -0.120. The van der Waals surface area contributed by atoms with E-state index in [1.54, 1.807) is 31.6 Å². The summed E-state index contributed by atoms with van der Waals surface area (Å²) in [6.45, 7) is 1.03. The fourth-order valence-corrected chi connectivity index (χ4v) is 1.72. The van der Waals surface area contributed by atoms with E-state index >= 15 is 0 Å². The number of rotatable bonds is 6. The van der Waals surface area contributed by atoms with Gasteiger partial charge in [-0.3, -0.25) is 14.8 Å². The van der Waals surface area contributed by atoms with Gasteiger partial charge in [-0.2, -0.15) is 0 Å². The molecule has 0 fully saturated rings. The standard InChI is InChI=1S/C15H19N5O2/c1-16-15(19-9-12-5-2-3-7-17-12)20-11-14(21)18-10-13-6-4-8-22-13/h2-8H,9-11H2,1H3,(H,18,21)(H2,16,19,20). The first-order valence-electron chi connectivity index (χ1n) is 6.91. The van der Waals surface area contributed by atoms with E-state index in [2.05, 4.69) is 25.9 Å². The predicted octanol–water partition coefficient (Wildman–Crippen LogP) is 0.656. The first-order chi connectivity index (χ1) is 10.8. The summed E-state index contributed by atoms with van der Waals surface area (Å²) in [5.74, 6) is 1.11. The second-order valence-electron chi connectivity index (χ2n) is 4.46. The molecule has 116 valence electrons. The normalized spacial score (nSPS) is 11.0. The minimum Gasteiger partial charge on any atom is -0.467 e. The topological polar surface area (TPSA) is 91.5 Å². The van der Waals surface area contributed by atoms with Crippen molar-refractivity contribution in [3.8, 4) is 0 Å². The maximum absolute atomic E-state index is 11.7. The molecule has 2 aromatic heterocycles. The lowest BCUT2D eigenvalue weighted by atomic mass is 10.3. The van der Waals surface area contributed by atoms with E-state index in [1.807, 2.05) is 18.2 Å². The summed E-state index contributed by atoms with van der Waals surface area (Å²) in [5, 5.41) is 8.77. The van der Waals surface area contributed by atoms with Gasteiger partial charge in [0.15, 0.2) is 5.96 Å². The van der Waals surface area contributed by atoms with E-state index in [1.165, 1.54) is 0 Å². The molecule has 2 rings (SSSR count). The van der Waals surface area contributed by atoms with E-state index in [9.17, 15) is 4.79 Å². The average Bonchev–Trinajstić information content (AvgIpc) is 3.07. The maximum Gasteiger partial charge on any atom is 0.239 e. The van der Waals surface area contributed by atoms with Crippen LogP contribution in [0.1, 0.15) is 11.5 Å². The van der Waals surface area contributed by atoms with Gasteiger partial charge in [0.25, 0.3) is 0 Å². The van der Waals surface area contributed by atoms with Gasteiger partial charge >= 0.3 is 0 Å². The van der Waals surface area contributed by atoms with Gasteiger partial charge in [-0.25, -0.2) is 0 Å². The van der Waals surface area contributed by atoms with Crippen LogP contribution < -0.4 is 16.0 Å². The van der Waals surface area contributed by atoms with Crippen LogP contribution >= 0.6 is 0 Å². The number of nitrogens with one attached hydrogen (secondary N) is 3. The zero-order chi connectivity index (χ0) is 15.6. The third kappa shape index (κ3) is 5.28. The van der Waals surface area contributed by atoms with E-state index in [-0.39, 0.29) is 12.5 Å². The molecule has 2 heterocycles. The molecule has 2 aromatic rings. The minimum absolute atomic E-state index is 0.128. The second-order valence-corrected chi connectivity index (χ2v) is 4.46. The molecule has 7 nitrogen and oxygen atoms in total. The van der Waals surface area contributed by atoms with Gasteiger partial charge in [0.1, 0.15) is 5.76 Å². The van der Waals surface area contributed by atoms with Crippen molar-refractivity contribution >= 4 is 11.9 Å². The van der Waals surface area contributed by atoms with Gasteiger partial charge < -0.3 is 20.4 Å². The van der Waals surface area contributed by atoms with E-state index < -0.39 is 0 Å². The Bertz CT molecular complexity index is 596. The van der Waals surface area contributed by atoms with Gasteiger partial charge in [0, 0.05) is 13.2 Å². The summed E-state index contributed by atoms with van der Waals surface area (Å²) in [5.41, 5.74) is 0.896. The van der Waals surface area contributed by atoms with Crippen LogP contribution in [-0.2, 0) is 17.9 Å². The first kappa shape index (κ1) is 15.6. The second kappa shape index (κ2) is 8.46. The Hall–Kier alpha value is -2.83. The molecule has 0 spiro atoms. The number of carbonyl (C=O) groups excluding carboxylic acids is 1. The Morgan fingerprint density at radius 2 is 2.09 bits per heavy atom. The van der Waals surface area contributed by atoms with Crippen molar-refractivity contribution in [2.45, 2.75) is 13.1 Å². The molecule has 7 heteroatoms. The molecular weight excluding hydrogens is 282 g/mol. The molecule has 0 aromatic carbocycles. The minimum atomic E-state index is -0.141. The quantitative estimate of drug-likeness (QED) is 0.538. The zero-order valence-electron chi connectivity index (χ0n) is 12.4. The summed E-state index contributed by atoms with van der Waals surface area (Å²) in [6, 6.07) is 9.28. The van der Waals surface area contributed by atoms with Crippen LogP contribution in [0.2, 0.25) is 0 Å². The van der Waals surface area contributed by atoms with Crippen molar-refractivity contribution in [1.82, 2.24) is 20.9 Å². The maximum atomic E-state index is 11.7. The highest BCUT2D eigenvalue weighted by Crippen LogP contribution is 1.98. The predicted molar refractivity (Wildman–Crippen MR) is 83.0 cm³/mol. The third-order valence-electron chi connectivity index (χ3n) is 2.84. The highest BCUT2D eigenvalue weighted by Gasteiger charge is 2.04. The number of pyridine rings is 1. The van der Waals surface area contributed by atoms with Gasteiger partial charge in [-0.1, -0.05) is 6.07 Å². The molecule has 0 bridgehead atoms.